The van der Waals surface area contributed by atoms with Crippen molar-refractivity contribution < 1.29 is 19.0 Å². The SMILES string of the molecule is COCc1nc(OC)c2c(C)c(C(=O)NCc3cccc(CN4CCOCC4)c3)sc2n1. The van der Waals surface area contributed by atoms with Crippen LogP contribution in [0.25, 0.3) is 10.2 Å². The Balaban J connectivity index is 1.47. The molecule has 4 rings (SSSR count). The van der Waals surface area contributed by atoms with Crippen molar-refractivity contribution >= 4 is 27.5 Å². The second-order valence-corrected chi connectivity index (χ2v) is 8.71. The Morgan fingerprint density at radius 2 is 2.00 bits per heavy atom. The van der Waals surface area contributed by atoms with Gasteiger partial charge in [-0.3, -0.25) is 9.69 Å². The third-order valence-electron chi connectivity index (χ3n) is 5.43. The lowest BCUT2D eigenvalue weighted by molar-refractivity contribution is 0.0342. The number of fused-ring (bicyclic) bond motifs is 1. The average Bonchev–Trinajstić information content (AvgIpc) is 3.14. The van der Waals surface area contributed by atoms with Crippen molar-refractivity contribution in [2.45, 2.75) is 26.6 Å². The Labute approximate surface area is 191 Å². The normalized spacial score (nSPS) is 14.6. The van der Waals surface area contributed by atoms with Crippen molar-refractivity contribution in [3.63, 3.8) is 0 Å². The quantitative estimate of drug-likeness (QED) is 0.558. The molecule has 1 fully saturated rings. The molecule has 0 atom stereocenters. The predicted molar refractivity (Wildman–Crippen MR) is 123 cm³/mol. The molecule has 1 amide bonds. The molecule has 1 aliphatic heterocycles. The van der Waals surface area contributed by atoms with Crippen LogP contribution in [0.1, 0.15) is 32.2 Å². The average molecular weight is 457 g/mol. The number of rotatable bonds is 8. The minimum absolute atomic E-state index is 0.126. The van der Waals surface area contributed by atoms with Crippen molar-refractivity contribution in [2.24, 2.45) is 0 Å². The third kappa shape index (κ3) is 5.07. The lowest BCUT2D eigenvalue weighted by Gasteiger charge is -2.26. The molecule has 3 aromatic rings. The largest absolute Gasteiger partial charge is 0.480 e. The molecule has 0 unspecified atom stereocenters. The number of morpholine rings is 1. The highest BCUT2D eigenvalue weighted by Gasteiger charge is 2.21. The number of amides is 1. The van der Waals surface area contributed by atoms with Crippen LogP contribution in [0.15, 0.2) is 24.3 Å². The van der Waals surface area contributed by atoms with Crippen molar-refractivity contribution in [3.05, 3.63) is 51.7 Å². The minimum atomic E-state index is -0.126. The summed E-state index contributed by atoms with van der Waals surface area (Å²) < 4.78 is 16.0. The molecule has 1 saturated heterocycles. The van der Waals surface area contributed by atoms with Crippen LogP contribution in [0.5, 0.6) is 5.88 Å². The molecule has 0 saturated carbocycles. The van der Waals surface area contributed by atoms with E-state index in [0.717, 1.165) is 54.2 Å². The number of carbonyl (C=O) groups excluding carboxylic acids is 1. The number of ether oxygens (including phenoxy) is 3. The van der Waals surface area contributed by atoms with Gasteiger partial charge in [0.25, 0.3) is 5.91 Å². The Hall–Kier alpha value is -2.59. The van der Waals surface area contributed by atoms with Gasteiger partial charge in [-0.2, -0.15) is 4.98 Å². The van der Waals surface area contributed by atoms with Crippen LogP contribution in [0, 0.1) is 6.92 Å². The first-order chi connectivity index (χ1) is 15.6. The number of aryl methyl sites for hydroxylation is 1. The number of hydrogen-bond acceptors (Lipinski definition) is 8. The predicted octanol–water partition coefficient (Wildman–Crippen LogP) is 2.92. The van der Waals surface area contributed by atoms with E-state index in [4.69, 9.17) is 14.2 Å². The maximum Gasteiger partial charge on any atom is 0.261 e. The van der Waals surface area contributed by atoms with E-state index in [2.05, 4.69) is 32.3 Å². The molecule has 0 aliphatic carbocycles. The molecule has 32 heavy (non-hydrogen) atoms. The second-order valence-electron chi connectivity index (χ2n) is 7.71. The molecule has 2 aromatic heterocycles. The highest BCUT2D eigenvalue weighted by molar-refractivity contribution is 7.20. The second kappa shape index (κ2) is 10.4. The lowest BCUT2D eigenvalue weighted by Crippen LogP contribution is -2.35. The van der Waals surface area contributed by atoms with Gasteiger partial charge in [0.05, 0.1) is 30.6 Å². The van der Waals surface area contributed by atoms with Gasteiger partial charge in [0.2, 0.25) is 5.88 Å². The molecule has 8 nitrogen and oxygen atoms in total. The molecule has 0 spiro atoms. The van der Waals surface area contributed by atoms with Gasteiger partial charge in [-0.1, -0.05) is 24.3 Å². The number of hydrogen-bond donors (Lipinski definition) is 1. The fraction of sp³-hybridized carbons (Fsp3) is 0.435. The molecule has 1 aromatic carbocycles. The summed E-state index contributed by atoms with van der Waals surface area (Å²) in [5, 5.41) is 3.82. The van der Waals surface area contributed by atoms with Crippen LogP contribution in [0.2, 0.25) is 0 Å². The van der Waals surface area contributed by atoms with E-state index >= 15 is 0 Å². The van der Waals surface area contributed by atoms with Gasteiger partial charge >= 0.3 is 0 Å². The molecular formula is C23H28N4O4S. The first-order valence-corrected chi connectivity index (χ1v) is 11.4. The topological polar surface area (TPSA) is 85.8 Å². The zero-order valence-corrected chi connectivity index (χ0v) is 19.5. The third-order valence-corrected chi connectivity index (χ3v) is 6.62. The number of thiophene rings is 1. The smallest absolute Gasteiger partial charge is 0.261 e. The Kier molecular flexibility index (Phi) is 7.31. The molecule has 1 aliphatic rings. The van der Waals surface area contributed by atoms with Crippen molar-refractivity contribution in [3.8, 4) is 5.88 Å². The molecule has 170 valence electrons. The van der Waals surface area contributed by atoms with Gasteiger partial charge in [-0.05, 0) is 23.6 Å². The van der Waals surface area contributed by atoms with E-state index < -0.39 is 0 Å². The van der Waals surface area contributed by atoms with Gasteiger partial charge in [0, 0.05) is 33.3 Å². The highest BCUT2D eigenvalue weighted by Crippen LogP contribution is 2.35. The van der Waals surface area contributed by atoms with Gasteiger partial charge in [-0.15, -0.1) is 11.3 Å². The molecule has 9 heteroatoms. The van der Waals surface area contributed by atoms with E-state index in [1.807, 2.05) is 19.1 Å². The summed E-state index contributed by atoms with van der Waals surface area (Å²) in [5.41, 5.74) is 3.13. The van der Waals surface area contributed by atoms with Crippen LogP contribution >= 0.6 is 11.3 Å². The van der Waals surface area contributed by atoms with Crippen molar-refractivity contribution in [2.75, 3.05) is 40.5 Å². The van der Waals surface area contributed by atoms with Crippen molar-refractivity contribution in [1.29, 1.82) is 0 Å². The molecule has 1 N–H and O–H groups in total. The number of aromatic nitrogens is 2. The Morgan fingerprint density at radius 3 is 2.75 bits per heavy atom. The van der Waals surface area contributed by atoms with E-state index in [-0.39, 0.29) is 12.5 Å². The monoisotopic (exact) mass is 456 g/mol. The first kappa shape index (κ1) is 22.6. The molecule has 0 bridgehead atoms. The summed E-state index contributed by atoms with van der Waals surface area (Å²) in [6.45, 7) is 7.00. The zero-order valence-electron chi connectivity index (χ0n) is 18.6. The van der Waals surface area contributed by atoms with E-state index in [0.29, 0.717) is 23.1 Å². The van der Waals surface area contributed by atoms with Gasteiger partial charge < -0.3 is 19.5 Å². The standard InChI is InChI=1S/C23H28N4O4S/c1-15-19-22(30-3)25-18(14-29-2)26-23(19)32-20(15)21(28)24-12-16-5-4-6-17(11-16)13-27-7-9-31-10-8-27/h4-6,11H,7-10,12-14H2,1-3H3,(H,24,28). The van der Waals surface area contributed by atoms with Crippen LogP contribution in [-0.4, -0.2) is 61.3 Å². The number of carbonyl (C=O) groups is 1. The fourth-order valence-electron chi connectivity index (χ4n) is 3.82. The van der Waals surface area contributed by atoms with Gasteiger partial charge in [-0.25, -0.2) is 4.98 Å². The van der Waals surface area contributed by atoms with E-state index in [9.17, 15) is 4.79 Å². The minimum Gasteiger partial charge on any atom is -0.480 e. The lowest BCUT2D eigenvalue weighted by atomic mass is 10.1. The Bertz CT molecular complexity index is 1100. The number of nitrogens with one attached hydrogen (secondary N) is 1. The highest BCUT2D eigenvalue weighted by atomic mass is 32.1. The zero-order chi connectivity index (χ0) is 22.5. The summed E-state index contributed by atoms with van der Waals surface area (Å²) in [6, 6.07) is 8.35. The number of nitrogens with zero attached hydrogens (tertiary/aromatic N) is 3. The van der Waals surface area contributed by atoms with Crippen LogP contribution in [0.4, 0.5) is 0 Å². The van der Waals surface area contributed by atoms with E-state index in [1.165, 1.54) is 16.9 Å². The van der Waals surface area contributed by atoms with Gasteiger partial charge in [0.1, 0.15) is 11.4 Å². The fourth-order valence-corrected chi connectivity index (χ4v) is 4.93. The van der Waals surface area contributed by atoms with Crippen LogP contribution in [-0.2, 0) is 29.2 Å². The summed E-state index contributed by atoms with van der Waals surface area (Å²) in [4.78, 5) is 25.6. The number of benzene rings is 1. The summed E-state index contributed by atoms with van der Waals surface area (Å²) in [6.07, 6.45) is 0. The maximum atomic E-state index is 13.0. The van der Waals surface area contributed by atoms with Crippen LogP contribution < -0.4 is 10.1 Å². The maximum absolute atomic E-state index is 13.0. The van der Waals surface area contributed by atoms with E-state index in [1.54, 1.807) is 14.2 Å². The molecular weight excluding hydrogens is 428 g/mol. The summed E-state index contributed by atoms with van der Waals surface area (Å²) in [5.74, 6) is 0.868. The first-order valence-electron chi connectivity index (χ1n) is 10.6. The summed E-state index contributed by atoms with van der Waals surface area (Å²) >= 11 is 1.35. The number of methoxy groups -OCH3 is 2. The Morgan fingerprint density at radius 1 is 1.22 bits per heavy atom. The summed E-state index contributed by atoms with van der Waals surface area (Å²) in [7, 11) is 3.16. The van der Waals surface area contributed by atoms with Crippen molar-refractivity contribution in [1.82, 2.24) is 20.2 Å². The van der Waals surface area contributed by atoms with Gasteiger partial charge in [0.15, 0.2) is 5.82 Å². The molecule has 0 radical (unpaired) electrons. The van der Waals surface area contributed by atoms with Crippen LogP contribution in [0.3, 0.4) is 0 Å². The molecule has 3 heterocycles.